The fourth-order valence-electron chi connectivity index (χ4n) is 3.53. The molecule has 0 atom stereocenters. The molecule has 3 nitrogen and oxygen atoms in total. The zero-order chi connectivity index (χ0) is 22.2. The Labute approximate surface area is 169 Å². The van der Waals surface area contributed by atoms with Crippen LogP contribution < -0.4 is 0 Å². The Morgan fingerprint density at radius 1 is 0.767 bits per heavy atom. The van der Waals surface area contributed by atoms with E-state index in [2.05, 4.69) is 4.90 Å². The number of alkyl halides is 6. The first-order valence-electron chi connectivity index (χ1n) is 9.38. The lowest BCUT2D eigenvalue weighted by atomic mass is 9.90. The van der Waals surface area contributed by atoms with Crippen LogP contribution in [0.5, 0.6) is 0 Å². The fraction of sp³-hybridized carbons (Fsp3) is 0.429. The number of hydrogen-bond donors (Lipinski definition) is 2. The van der Waals surface area contributed by atoms with Gasteiger partial charge in [0, 0.05) is 25.2 Å². The van der Waals surface area contributed by atoms with Crippen LogP contribution in [0.3, 0.4) is 0 Å². The molecule has 30 heavy (non-hydrogen) atoms. The van der Waals surface area contributed by atoms with Gasteiger partial charge in [-0.05, 0) is 29.5 Å². The Morgan fingerprint density at radius 3 is 1.63 bits per heavy atom. The Kier molecular flexibility index (Phi) is 6.18. The standard InChI is InChI=1S/C21H21F6NO2/c22-20(23,24)19(30,21(25,26)27)17-7-5-16(6-8-17)15-3-1-14(2-4-15)13-28-11-9-18(29)10-12-28/h1-8,18,29-30H,9-13H2. The minimum Gasteiger partial charge on any atom is -0.393 e. The number of likely N-dealkylation sites (tertiary alicyclic amines) is 1. The summed E-state index contributed by atoms with van der Waals surface area (Å²) in [6.07, 6.45) is -10.6. The van der Waals surface area contributed by atoms with Crippen molar-refractivity contribution in [2.45, 2.75) is 43.4 Å². The molecule has 0 saturated carbocycles. The van der Waals surface area contributed by atoms with Gasteiger partial charge in [0.2, 0.25) is 0 Å². The van der Waals surface area contributed by atoms with Crippen LogP contribution in [-0.2, 0) is 12.1 Å². The van der Waals surface area contributed by atoms with Gasteiger partial charge in [0.15, 0.2) is 0 Å². The molecule has 0 aromatic heterocycles. The SMILES string of the molecule is OC1CCN(Cc2ccc(-c3ccc(C(O)(C(F)(F)F)C(F)(F)F)cc3)cc2)CC1. The molecule has 0 bridgehead atoms. The van der Waals surface area contributed by atoms with E-state index >= 15 is 0 Å². The molecule has 1 aliphatic heterocycles. The Balaban J connectivity index is 1.76. The molecule has 164 valence electrons. The molecule has 2 aromatic carbocycles. The minimum absolute atomic E-state index is 0.265. The lowest BCUT2D eigenvalue weighted by molar-refractivity contribution is -0.376. The van der Waals surface area contributed by atoms with Crippen LogP contribution in [0.15, 0.2) is 48.5 Å². The smallest absolute Gasteiger partial charge is 0.393 e. The molecular weight excluding hydrogens is 412 g/mol. The molecule has 1 aliphatic rings. The highest BCUT2D eigenvalue weighted by molar-refractivity contribution is 5.64. The van der Waals surface area contributed by atoms with Gasteiger partial charge in [-0.15, -0.1) is 0 Å². The molecule has 1 fully saturated rings. The van der Waals surface area contributed by atoms with Crippen LogP contribution in [0.1, 0.15) is 24.0 Å². The molecule has 0 radical (unpaired) electrons. The van der Waals surface area contributed by atoms with Crippen LogP contribution in [-0.4, -0.2) is 46.7 Å². The Morgan fingerprint density at radius 2 is 1.20 bits per heavy atom. The van der Waals surface area contributed by atoms with Crippen molar-refractivity contribution in [3.8, 4) is 11.1 Å². The third kappa shape index (κ3) is 4.48. The Bertz CT molecular complexity index is 824. The lowest BCUT2D eigenvalue weighted by Gasteiger charge is -2.32. The maximum Gasteiger partial charge on any atom is 0.430 e. The highest BCUT2D eigenvalue weighted by atomic mass is 19.4. The zero-order valence-electron chi connectivity index (χ0n) is 15.8. The van der Waals surface area contributed by atoms with Crippen LogP contribution in [0.4, 0.5) is 26.3 Å². The maximum absolute atomic E-state index is 13.0. The maximum atomic E-state index is 13.0. The third-order valence-electron chi connectivity index (χ3n) is 5.37. The van der Waals surface area contributed by atoms with Crippen LogP contribution >= 0.6 is 0 Å². The van der Waals surface area contributed by atoms with Crippen molar-refractivity contribution < 1.29 is 36.6 Å². The van der Waals surface area contributed by atoms with Crippen molar-refractivity contribution in [3.63, 3.8) is 0 Å². The number of benzene rings is 2. The van der Waals surface area contributed by atoms with Gasteiger partial charge in [-0.2, -0.15) is 26.3 Å². The van der Waals surface area contributed by atoms with E-state index in [0.717, 1.165) is 30.8 Å². The molecule has 3 rings (SSSR count). The van der Waals surface area contributed by atoms with E-state index in [0.29, 0.717) is 42.6 Å². The van der Waals surface area contributed by atoms with Crippen LogP contribution in [0.2, 0.25) is 0 Å². The van der Waals surface area contributed by atoms with Gasteiger partial charge in [0.05, 0.1) is 6.10 Å². The van der Waals surface area contributed by atoms with Crippen molar-refractivity contribution in [3.05, 3.63) is 59.7 Å². The zero-order valence-corrected chi connectivity index (χ0v) is 15.8. The quantitative estimate of drug-likeness (QED) is 0.692. The number of piperidine rings is 1. The number of aliphatic hydroxyl groups is 2. The predicted molar refractivity (Wildman–Crippen MR) is 98.4 cm³/mol. The second-order valence-electron chi connectivity index (χ2n) is 7.49. The summed E-state index contributed by atoms with van der Waals surface area (Å²) in [5.74, 6) is 0. The normalized spacial score (nSPS) is 17.3. The molecule has 1 heterocycles. The van der Waals surface area contributed by atoms with Gasteiger partial charge < -0.3 is 10.2 Å². The number of rotatable bonds is 4. The first-order valence-corrected chi connectivity index (χ1v) is 9.38. The van der Waals surface area contributed by atoms with E-state index in [1.807, 2.05) is 12.1 Å². The highest BCUT2D eigenvalue weighted by Crippen LogP contribution is 2.50. The first-order chi connectivity index (χ1) is 13.9. The van der Waals surface area contributed by atoms with Gasteiger partial charge in [-0.3, -0.25) is 4.90 Å². The fourth-order valence-corrected chi connectivity index (χ4v) is 3.53. The molecular formula is C21H21F6NO2. The molecule has 2 N–H and O–H groups in total. The molecule has 0 unspecified atom stereocenters. The van der Waals surface area contributed by atoms with E-state index in [1.165, 1.54) is 0 Å². The number of hydrogen-bond acceptors (Lipinski definition) is 3. The number of halogens is 6. The Hall–Kier alpha value is -2.10. The summed E-state index contributed by atoms with van der Waals surface area (Å²) < 4.78 is 77.9. The molecule has 0 aliphatic carbocycles. The summed E-state index contributed by atoms with van der Waals surface area (Å²) in [6, 6.07) is 10.7. The summed E-state index contributed by atoms with van der Waals surface area (Å²) in [4.78, 5) is 2.20. The summed E-state index contributed by atoms with van der Waals surface area (Å²) >= 11 is 0. The third-order valence-corrected chi connectivity index (χ3v) is 5.37. The topological polar surface area (TPSA) is 43.7 Å². The van der Waals surface area contributed by atoms with E-state index in [1.54, 1.807) is 12.1 Å². The number of aliphatic hydroxyl groups excluding tert-OH is 1. The molecule has 2 aromatic rings. The predicted octanol–water partition coefficient (Wildman–Crippen LogP) is 4.62. The summed E-state index contributed by atoms with van der Waals surface area (Å²) in [5, 5.41) is 19.0. The van der Waals surface area contributed by atoms with Crippen molar-refractivity contribution in [1.82, 2.24) is 4.90 Å². The summed E-state index contributed by atoms with van der Waals surface area (Å²) in [7, 11) is 0. The average molecular weight is 433 g/mol. The van der Waals surface area contributed by atoms with Gasteiger partial charge in [-0.25, -0.2) is 0 Å². The van der Waals surface area contributed by atoms with Gasteiger partial charge in [0.1, 0.15) is 0 Å². The lowest BCUT2D eigenvalue weighted by Crippen LogP contribution is -2.53. The van der Waals surface area contributed by atoms with E-state index < -0.39 is 23.5 Å². The second-order valence-corrected chi connectivity index (χ2v) is 7.49. The van der Waals surface area contributed by atoms with Crippen LogP contribution in [0.25, 0.3) is 11.1 Å². The molecule has 9 heteroatoms. The van der Waals surface area contributed by atoms with Crippen molar-refractivity contribution in [1.29, 1.82) is 0 Å². The highest BCUT2D eigenvalue weighted by Gasteiger charge is 2.71. The van der Waals surface area contributed by atoms with Crippen LogP contribution in [0, 0.1) is 0 Å². The van der Waals surface area contributed by atoms with E-state index in [9.17, 15) is 36.6 Å². The summed E-state index contributed by atoms with van der Waals surface area (Å²) in [5.41, 5.74) is -4.14. The monoisotopic (exact) mass is 433 g/mol. The van der Waals surface area contributed by atoms with Crippen molar-refractivity contribution in [2.24, 2.45) is 0 Å². The first kappa shape index (κ1) is 22.6. The molecule has 0 amide bonds. The molecule has 0 spiro atoms. The van der Waals surface area contributed by atoms with Crippen molar-refractivity contribution in [2.75, 3.05) is 13.1 Å². The van der Waals surface area contributed by atoms with Gasteiger partial charge in [0.25, 0.3) is 5.60 Å². The van der Waals surface area contributed by atoms with Gasteiger partial charge >= 0.3 is 12.4 Å². The van der Waals surface area contributed by atoms with E-state index in [4.69, 9.17) is 0 Å². The molecule has 1 saturated heterocycles. The van der Waals surface area contributed by atoms with E-state index in [-0.39, 0.29) is 6.10 Å². The van der Waals surface area contributed by atoms with Gasteiger partial charge in [-0.1, -0.05) is 48.5 Å². The largest absolute Gasteiger partial charge is 0.430 e. The minimum atomic E-state index is -5.90. The number of nitrogens with zero attached hydrogens (tertiary/aromatic N) is 1. The van der Waals surface area contributed by atoms with Crippen molar-refractivity contribution >= 4 is 0 Å². The second kappa shape index (κ2) is 8.20. The summed E-state index contributed by atoms with van der Waals surface area (Å²) in [6.45, 7) is 2.26. The average Bonchev–Trinajstić information content (AvgIpc) is 2.68.